The molecule has 7 nitrogen and oxygen atoms in total. The quantitative estimate of drug-likeness (QED) is 0.422. The minimum atomic E-state index is -0.619. The number of rotatable bonds is 13. The fraction of sp³-hybridized carbons (Fsp3) is 0.579. The number of ether oxygens (including phenoxy) is 1. The Labute approximate surface area is 165 Å². The molecule has 152 valence electrons. The van der Waals surface area contributed by atoms with Crippen LogP contribution in [0.2, 0.25) is 0 Å². The molecule has 0 aliphatic carbocycles. The number of aliphatic hydroxyl groups excluding tert-OH is 1. The first-order chi connectivity index (χ1) is 12.9. The number of amides is 2. The molecule has 0 saturated heterocycles. The van der Waals surface area contributed by atoms with Crippen molar-refractivity contribution in [2.75, 3.05) is 52.4 Å². The third kappa shape index (κ3) is 10.3. The summed E-state index contributed by atoms with van der Waals surface area (Å²) in [6.45, 7) is 1.53. The van der Waals surface area contributed by atoms with Crippen molar-refractivity contribution in [1.82, 2.24) is 15.5 Å². The lowest BCUT2D eigenvalue weighted by Gasteiger charge is -2.19. The molecule has 1 aromatic rings. The summed E-state index contributed by atoms with van der Waals surface area (Å²) in [6, 6.07) is 8.22. The molecule has 0 heterocycles. The normalized spacial score (nSPS) is 13.2. The maximum absolute atomic E-state index is 12.5. The second-order valence-corrected chi connectivity index (χ2v) is 7.61. The van der Waals surface area contributed by atoms with E-state index < -0.39 is 12.1 Å². The molecule has 0 bridgehead atoms. The Hall–Kier alpha value is -1.61. The summed E-state index contributed by atoms with van der Waals surface area (Å²) in [5, 5.41) is 15.4. The van der Waals surface area contributed by atoms with Gasteiger partial charge in [-0.2, -0.15) is 11.8 Å². The highest BCUT2D eigenvalue weighted by atomic mass is 32.2. The highest BCUT2D eigenvalue weighted by Gasteiger charge is 2.21. The number of thioether (sulfide) groups is 1. The van der Waals surface area contributed by atoms with Crippen molar-refractivity contribution in [3.8, 4) is 0 Å². The average molecular weight is 398 g/mol. The van der Waals surface area contributed by atoms with Gasteiger partial charge in [-0.3, -0.25) is 9.59 Å². The van der Waals surface area contributed by atoms with E-state index in [9.17, 15) is 14.7 Å². The Morgan fingerprint density at radius 1 is 1.26 bits per heavy atom. The fourth-order valence-electron chi connectivity index (χ4n) is 2.29. The van der Waals surface area contributed by atoms with Crippen molar-refractivity contribution >= 4 is 23.6 Å². The van der Waals surface area contributed by atoms with Gasteiger partial charge >= 0.3 is 0 Å². The van der Waals surface area contributed by atoms with Gasteiger partial charge in [0.1, 0.15) is 6.04 Å². The molecule has 0 aliphatic rings. The van der Waals surface area contributed by atoms with E-state index in [0.29, 0.717) is 30.0 Å². The zero-order chi connectivity index (χ0) is 20.1. The van der Waals surface area contributed by atoms with Gasteiger partial charge in [0.05, 0.1) is 12.7 Å². The number of hydrogen-bond donors (Lipinski definition) is 3. The van der Waals surface area contributed by atoms with E-state index in [2.05, 4.69) is 10.6 Å². The summed E-state index contributed by atoms with van der Waals surface area (Å²) >= 11 is 1.53. The third-order valence-corrected chi connectivity index (χ3v) is 4.88. The smallest absolute Gasteiger partial charge is 0.251 e. The van der Waals surface area contributed by atoms with Crippen LogP contribution in [0.5, 0.6) is 0 Å². The first-order valence-corrected chi connectivity index (χ1v) is 10.1. The second-order valence-electron chi connectivity index (χ2n) is 6.46. The van der Waals surface area contributed by atoms with Crippen molar-refractivity contribution in [1.29, 1.82) is 0 Å². The minimum Gasteiger partial charge on any atom is -0.390 e. The van der Waals surface area contributed by atoms with Gasteiger partial charge in [0, 0.05) is 31.5 Å². The van der Waals surface area contributed by atoms with Crippen LogP contribution in [0.25, 0.3) is 0 Å². The largest absolute Gasteiger partial charge is 0.390 e. The predicted molar refractivity (Wildman–Crippen MR) is 109 cm³/mol. The Kier molecular flexibility index (Phi) is 11.8. The third-order valence-electron chi connectivity index (χ3n) is 3.74. The zero-order valence-electron chi connectivity index (χ0n) is 16.3. The number of nitrogens with one attached hydrogen (secondary N) is 2. The number of carbonyl (C=O) groups is 2. The summed E-state index contributed by atoms with van der Waals surface area (Å²) in [5.74, 6) is 0.698. The summed E-state index contributed by atoms with van der Waals surface area (Å²) in [6.07, 6.45) is -0.0530. The van der Waals surface area contributed by atoms with Gasteiger partial charge in [-0.1, -0.05) is 18.2 Å². The van der Waals surface area contributed by atoms with Crippen LogP contribution >= 0.6 is 11.8 Å². The van der Waals surface area contributed by atoms with Crippen molar-refractivity contribution in [2.45, 2.75) is 18.6 Å². The monoisotopic (exact) mass is 397 g/mol. The predicted octanol–water partition coefficient (Wildman–Crippen LogP) is 0.593. The Morgan fingerprint density at radius 2 is 1.96 bits per heavy atom. The van der Waals surface area contributed by atoms with Crippen molar-refractivity contribution in [3.05, 3.63) is 35.9 Å². The molecule has 0 saturated carbocycles. The molecule has 0 spiro atoms. The Morgan fingerprint density at radius 3 is 2.59 bits per heavy atom. The standard InChI is InChI=1S/C19H31N3O4S/c1-22(2)11-10-20-19(25)17(9-12-27-14-16(23)13-26-3)21-18(24)15-7-5-4-6-8-15/h4-8,16-17,23H,9-14H2,1-3H3,(H,20,25)(H,21,24). The average Bonchev–Trinajstić information content (AvgIpc) is 2.64. The number of methoxy groups -OCH3 is 1. The molecule has 2 amide bonds. The van der Waals surface area contributed by atoms with E-state index in [1.807, 2.05) is 25.1 Å². The van der Waals surface area contributed by atoms with Crippen LogP contribution < -0.4 is 10.6 Å². The summed E-state index contributed by atoms with van der Waals surface area (Å²) in [4.78, 5) is 26.9. The topological polar surface area (TPSA) is 90.9 Å². The van der Waals surface area contributed by atoms with Crippen molar-refractivity contribution in [3.63, 3.8) is 0 Å². The maximum Gasteiger partial charge on any atom is 0.251 e. The minimum absolute atomic E-state index is 0.195. The van der Waals surface area contributed by atoms with Gasteiger partial charge < -0.3 is 25.4 Å². The molecule has 2 atom stereocenters. The molecular weight excluding hydrogens is 366 g/mol. The van der Waals surface area contributed by atoms with Crippen LogP contribution in [0.15, 0.2) is 30.3 Å². The molecule has 2 unspecified atom stereocenters. The molecule has 0 fully saturated rings. The van der Waals surface area contributed by atoms with Gasteiger partial charge in [0.2, 0.25) is 5.91 Å². The summed E-state index contributed by atoms with van der Waals surface area (Å²) in [7, 11) is 5.41. The Bertz CT molecular complexity index is 557. The summed E-state index contributed by atoms with van der Waals surface area (Å²) < 4.78 is 4.90. The number of carbonyl (C=O) groups excluding carboxylic acids is 2. The number of aliphatic hydroxyl groups is 1. The number of hydrogen-bond acceptors (Lipinski definition) is 6. The highest BCUT2D eigenvalue weighted by Crippen LogP contribution is 2.09. The van der Waals surface area contributed by atoms with Gasteiger partial charge in [-0.25, -0.2) is 0 Å². The molecule has 0 aliphatic heterocycles. The molecular formula is C19H31N3O4S. The van der Waals surface area contributed by atoms with Crippen molar-refractivity contribution in [2.24, 2.45) is 0 Å². The number of benzene rings is 1. The summed E-state index contributed by atoms with van der Waals surface area (Å²) in [5.41, 5.74) is 0.520. The first kappa shape index (κ1) is 23.4. The highest BCUT2D eigenvalue weighted by molar-refractivity contribution is 7.99. The van der Waals surface area contributed by atoms with Crippen LogP contribution in [0.1, 0.15) is 16.8 Å². The first-order valence-electron chi connectivity index (χ1n) is 8.97. The second kappa shape index (κ2) is 13.5. The van der Waals surface area contributed by atoms with Crippen molar-refractivity contribution < 1.29 is 19.4 Å². The van der Waals surface area contributed by atoms with E-state index in [0.717, 1.165) is 6.54 Å². The molecule has 3 N–H and O–H groups in total. The van der Waals surface area contributed by atoms with Gasteiger partial charge in [-0.15, -0.1) is 0 Å². The van der Waals surface area contributed by atoms with Crippen LogP contribution in [0.3, 0.4) is 0 Å². The van der Waals surface area contributed by atoms with E-state index in [1.54, 1.807) is 31.4 Å². The molecule has 1 aromatic carbocycles. The lowest BCUT2D eigenvalue weighted by molar-refractivity contribution is -0.123. The van der Waals surface area contributed by atoms with Crippen LogP contribution in [0.4, 0.5) is 0 Å². The molecule has 0 radical (unpaired) electrons. The number of nitrogens with zero attached hydrogens (tertiary/aromatic N) is 1. The van der Waals surface area contributed by atoms with E-state index in [4.69, 9.17) is 4.74 Å². The molecule has 1 rings (SSSR count). The molecule has 8 heteroatoms. The lowest BCUT2D eigenvalue weighted by Crippen LogP contribution is -2.48. The SMILES string of the molecule is COCC(O)CSCCC(NC(=O)c1ccccc1)C(=O)NCCN(C)C. The van der Waals surface area contributed by atoms with E-state index in [-0.39, 0.29) is 18.4 Å². The van der Waals surface area contributed by atoms with Gasteiger partial charge in [0.25, 0.3) is 5.91 Å². The fourth-order valence-corrected chi connectivity index (χ4v) is 3.22. The van der Waals surface area contributed by atoms with Gasteiger partial charge in [0.15, 0.2) is 0 Å². The molecule has 27 heavy (non-hydrogen) atoms. The van der Waals surface area contributed by atoms with Crippen LogP contribution in [-0.2, 0) is 9.53 Å². The van der Waals surface area contributed by atoms with Crippen LogP contribution in [0, 0.1) is 0 Å². The van der Waals surface area contributed by atoms with Crippen LogP contribution in [-0.4, -0.2) is 86.4 Å². The Balaban J connectivity index is 2.57. The number of likely N-dealkylation sites (N-methyl/N-ethyl adjacent to an activating group) is 1. The maximum atomic E-state index is 12.5. The lowest BCUT2D eigenvalue weighted by atomic mass is 10.1. The van der Waals surface area contributed by atoms with E-state index >= 15 is 0 Å². The van der Waals surface area contributed by atoms with E-state index in [1.165, 1.54) is 11.8 Å². The zero-order valence-corrected chi connectivity index (χ0v) is 17.1. The molecule has 0 aromatic heterocycles. The van der Waals surface area contributed by atoms with Gasteiger partial charge in [-0.05, 0) is 38.4 Å².